The second-order valence-corrected chi connectivity index (χ2v) is 5.89. The average molecular weight is 328 g/mol. The Labute approximate surface area is 140 Å². The molecule has 2 N–H and O–H groups in total. The lowest BCUT2D eigenvalue weighted by molar-refractivity contribution is 0.0844. The van der Waals surface area contributed by atoms with Gasteiger partial charge in [0.1, 0.15) is 34.7 Å². The number of hydrogen-bond donors (Lipinski definition) is 2. The van der Waals surface area contributed by atoms with E-state index in [-0.39, 0.29) is 35.0 Å². The molecule has 5 nitrogen and oxygen atoms in total. The molecule has 0 fully saturated rings. The Morgan fingerprint density at radius 1 is 1.25 bits per heavy atom. The molecular weight excluding hydrogens is 308 g/mol. The third-order valence-corrected chi connectivity index (χ3v) is 4.18. The van der Waals surface area contributed by atoms with Crippen LogP contribution in [-0.2, 0) is 6.42 Å². The maximum atomic E-state index is 12.4. The minimum Gasteiger partial charge on any atom is -0.508 e. The zero-order valence-electron chi connectivity index (χ0n) is 13.7. The SMILES string of the molecule is CCCc1cc(C2CC(=O)c3c(O)cc(O)cc3O2)ccc1OC. The monoisotopic (exact) mass is 328 g/mol. The van der Waals surface area contributed by atoms with Gasteiger partial charge in [-0.2, -0.15) is 0 Å². The van der Waals surface area contributed by atoms with Gasteiger partial charge < -0.3 is 19.7 Å². The van der Waals surface area contributed by atoms with E-state index in [1.807, 2.05) is 18.2 Å². The Hall–Kier alpha value is -2.69. The molecule has 3 rings (SSSR count). The summed E-state index contributed by atoms with van der Waals surface area (Å²) in [7, 11) is 1.64. The lowest BCUT2D eigenvalue weighted by Crippen LogP contribution is -2.20. The molecule has 0 amide bonds. The van der Waals surface area contributed by atoms with Gasteiger partial charge in [0.2, 0.25) is 0 Å². The number of methoxy groups -OCH3 is 1. The van der Waals surface area contributed by atoms with E-state index in [9.17, 15) is 15.0 Å². The number of benzene rings is 2. The number of carbonyl (C=O) groups is 1. The summed E-state index contributed by atoms with van der Waals surface area (Å²) in [6, 6.07) is 8.25. The second-order valence-electron chi connectivity index (χ2n) is 5.89. The molecule has 24 heavy (non-hydrogen) atoms. The first-order chi connectivity index (χ1) is 11.5. The largest absolute Gasteiger partial charge is 0.508 e. The van der Waals surface area contributed by atoms with Crippen LogP contribution in [0.3, 0.4) is 0 Å². The van der Waals surface area contributed by atoms with Gasteiger partial charge in [-0.15, -0.1) is 0 Å². The van der Waals surface area contributed by atoms with Crippen LogP contribution in [0.15, 0.2) is 30.3 Å². The fourth-order valence-electron chi connectivity index (χ4n) is 3.07. The number of ether oxygens (including phenoxy) is 2. The zero-order chi connectivity index (χ0) is 17.3. The number of Topliss-reactive ketones (excluding diaryl/α,β-unsaturated/α-hetero) is 1. The Bertz CT molecular complexity index is 782. The lowest BCUT2D eigenvalue weighted by atomic mass is 9.94. The number of phenols is 2. The highest BCUT2D eigenvalue weighted by atomic mass is 16.5. The van der Waals surface area contributed by atoms with E-state index in [1.54, 1.807) is 7.11 Å². The fourth-order valence-corrected chi connectivity index (χ4v) is 3.07. The van der Waals surface area contributed by atoms with Gasteiger partial charge in [0, 0.05) is 12.1 Å². The minimum absolute atomic E-state index is 0.131. The predicted molar refractivity (Wildman–Crippen MR) is 89.1 cm³/mol. The van der Waals surface area contributed by atoms with Crippen molar-refractivity contribution in [2.45, 2.75) is 32.3 Å². The van der Waals surface area contributed by atoms with Crippen LogP contribution >= 0.6 is 0 Å². The topological polar surface area (TPSA) is 76.0 Å². The lowest BCUT2D eigenvalue weighted by Gasteiger charge is -2.26. The fraction of sp³-hybridized carbons (Fsp3) is 0.316. The van der Waals surface area contributed by atoms with Crippen molar-refractivity contribution in [3.8, 4) is 23.0 Å². The normalized spacial score (nSPS) is 16.4. The van der Waals surface area contributed by atoms with Gasteiger partial charge in [-0.3, -0.25) is 4.79 Å². The van der Waals surface area contributed by atoms with Crippen LogP contribution in [0.25, 0.3) is 0 Å². The average Bonchev–Trinajstić information content (AvgIpc) is 2.54. The third kappa shape index (κ3) is 2.89. The second kappa shape index (κ2) is 6.43. The Kier molecular flexibility index (Phi) is 4.34. The first-order valence-electron chi connectivity index (χ1n) is 7.96. The van der Waals surface area contributed by atoms with Gasteiger partial charge in [0.05, 0.1) is 13.5 Å². The van der Waals surface area contributed by atoms with Gasteiger partial charge in [0.15, 0.2) is 5.78 Å². The molecule has 1 unspecified atom stereocenters. The van der Waals surface area contributed by atoms with Gasteiger partial charge >= 0.3 is 0 Å². The van der Waals surface area contributed by atoms with Crippen molar-refractivity contribution in [1.29, 1.82) is 0 Å². The first kappa shape index (κ1) is 16.2. The number of ketones is 1. The molecule has 0 aliphatic carbocycles. The number of aryl methyl sites for hydroxylation is 1. The Morgan fingerprint density at radius 3 is 2.75 bits per heavy atom. The summed E-state index contributed by atoms with van der Waals surface area (Å²) in [5.41, 5.74) is 2.07. The van der Waals surface area contributed by atoms with Crippen molar-refractivity contribution >= 4 is 5.78 Å². The van der Waals surface area contributed by atoms with Crippen molar-refractivity contribution in [3.63, 3.8) is 0 Å². The molecule has 1 aliphatic heterocycles. The van der Waals surface area contributed by atoms with E-state index in [0.717, 1.165) is 35.8 Å². The minimum atomic E-state index is -0.451. The summed E-state index contributed by atoms with van der Waals surface area (Å²) in [6.07, 6.45) is 1.54. The smallest absolute Gasteiger partial charge is 0.174 e. The van der Waals surface area contributed by atoms with Crippen molar-refractivity contribution < 1.29 is 24.5 Å². The Balaban J connectivity index is 1.97. The highest BCUT2D eigenvalue weighted by molar-refractivity contribution is 6.02. The highest BCUT2D eigenvalue weighted by Crippen LogP contribution is 2.42. The van der Waals surface area contributed by atoms with Crippen LogP contribution in [0.2, 0.25) is 0 Å². The van der Waals surface area contributed by atoms with Crippen LogP contribution < -0.4 is 9.47 Å². The molecule has 0 radical (unpaired) electrons. The van der Waals surface area contributed by atoms with E-state index in [1.165, 1.54) is 6.07 Å². The van der Waals surface area contributed by atoms with Crippen molar-refractivity contribution in [2.75, 3.05) is 7.11 Å². The highest BCUT2D eigenvalue weighted by Gasteiger charge is 2.31. The molecule has 1 atom stereocenters. The van der Waals surface area contributed by atoms with Crippen LogP contribution in [0.1, 0.15) is 47.4 Å². The maximum Gasteiger partial charge on any atom is 0.174 e. The quantitative estimate of drug-likeness (QED) is 0.893. The number of fused-ring (bicyclic) bond motifs is 1. The number of phenolic OH excluding ortho intramolecular Hbond substituents is 2. The number of carbonyl (C=O) groups excluding carboxylic acids is 1. The zero-order valence-corrected chi connectivity index (χ0v) is 13.7. The molecule has 5 heteroatoms. The van der Waals surface area contributed by atoms with E-state index in [0.29, 0.717) is 0 Å². The predicted octanol–water partition coefficient (Wildman–Crippen LogP) is 3.77. The summed E-state index contributed by atoms with van der Waals surface area (Å²) in [5, 5.41) is 19.5. The first-order valence-corrected chi connectivity index (χ1v) is 7.96. The van der Waals surface area contributed by atoms with Gasteiger partial charge in [-0.1, -0.05) is 19.4 Å². The summed E-state index contributed by atoms with van der Waals surface area (Å²) in [4.78, 5) is 12.4. The van der Waals surface area contributed by atoms with Crippen molar-refractivity contribution in [2.24, 2.45) is 0 Å². The van der Waals surface area contributed by atoms with Crippen LogP contribution in [-0.4, -0.2) is 23.1 Å². The van der Waals surface area contributed by atoms with Crippen LogP contribution in [0.4, 0.5) is 0 Å². The Morgan fingerprint density at radius 2 is 2.04 bits per heavy atom. The molecule has 0 bridgehead atoms. The summed E-state index contributed by atoms with van der Waals surface area (Å²) in [5.74, 6) is 0.433. The summed E-state index contributed by atoms with van der Waals surface area (Å²) in [6.45, 7) is 2.09. The molecule has 2 aromatic rings. The molecule has 1 heterocycles. The molecule has 0 aromatic heterocycles. The standard InChI is InChI=1S/C19H20O5/c1-3-4-11-7-12(5-6-16(11)23-2)17-10-15(22)19-14(21)8-13(20)9-18(19)24-17/h5-9,17,20-21H,3-4,10H2,1-2H3. The molecule has 0 spiro atoms. The summed E-state index contributed by atoms with van der Waals surface area (Å²) >= 11 is 0. The molecule has 2 aromatic carbocycles. The van der Waals surface area contributed by atoms with E-state index < -0.39 is 6.10 Å². The maximum absolute atomic E-state index is 12.4. The van der Waals surface area contributed by atoms with E-state index >= 15 is 0 Å². The van der Waals surface area contributed by atoms with Crippen LogP contribution in [0.5, 0.6) is 23.0 Å². The van der Waals surface area contributed by atoms with E-state index in [2.05, 4.69) is 6.92 Å². The van der Waals surface area contributed by atoms with Crippen LogP contribution in [0, 0.1) is 0 Å². The molecule has 0 saturated carbocycles. The van der Waals surface area contributed by atoms with Gasteiger partial charge in [-0.25, -0.2) is 0 Å². The number of rotatable bonds is 4. The molecule has 0 saturated heterocycles. The van der Waals surface area contributed by atoms with Gasteiger partial charge in [0.25, 0.3) is 0 Å². The molecular formula is C19H20O5. The third-order valence-electron chi connectivity index (χ3n) is 4.18. The van der Waals surface area contributed by atoms with E-state index in [4.69, 9.17) is 9.47 Å². The number of aromatic hydroxyl groups is 2. The molecule has 126 valence electrons. The van der Waals surface area contributed by atoms with Crippen molar-refractivity contribution in [3.05, 3.63) is 47.0 Å². The van der Waals surface area contributed by atoms with Crippen molar-refractivity contribution in [1.82, 2.24) is 0 Å². The van der Waals surface area contributed by atoms with Gasteiger partial charge in [-0.05, 0) is 29.7 Å². The summed E-state index contributed by atoms with van der Waals surface area (Å²) < 4.78 is 11.3. The molecule has 1 aliphatic rings. The number of hydrogen-bond acceptors (Lipinski definition) is 5.